The fourth-order valence-corrected chi connectivity index (χ4v) is 2.02. The Bertz CT molecular complexity index is 427. The van der Waals surface area contributed by atoms with Crippen molar-refractivity contribution in [2.24, 2.45) is 0 Å². The number of nitrogens with one attached hydrogen (secondary N) is 1. The predicted octanol–water partition coefficient (Wildman–Crippen LogP) is 2.08. The number of unbranched alkanes of at least 4 members (excludes halogenated alkanes) is 1. The van der Waals surface area contributed by atoms with Gasteiger partial charge < -0.3 is 14.6 Å². The lowest BCUT2D eigenvalue weighted by Crippen LogP contribution is -2.29. The quantitative estimate of drug-likeness (QED) is 0.696. The maximum absolute atomic E-state index is 12.3. The lowest BCUT2D eigenvalue weighted by atomic mass is 10.2. The van der Waals surface area contributed by atoms with Gasteiger partial charge in [-0.1, -0.05) is 19.4 Å². The van der Waals surface area contributed by atoms with Gasteiger partial charge in [0.1, 0.15) is 0 Å². The Hall–Kier alpha value is -1.13. The van der Waals surface area contributed by atoms with Crippen LogP contribution >= 0.6 is 0 Å². The molecule has 0 unspecified atom stereocenters. The number of aryl methyl sites for hydroxylation is 1. The number of rotatable bonds is 9. The van der Waals surface area contributed by atoms with Crippen molar-refractivity contribution in [2.45, 2.75) is 46.2 Å². The molecule has 1 aromatic rings. The molecule has 19 heavy (non-hydrogen) atoms. The zero-order valence-electron chi connectivity index (χ0n) is 12.4. The highest BCUT2D eigenvalue weighted by Crippen LogP contribution is 2.00. The normalized spacial score (nSPS) is 10.9. The summed E-state index contributed by atoms with van der Waals surface area (Å²) in [6.07, 6.45) is 3.18. The first kappa shape index (κ1) is 15.9. The van der Waals surface area contributed by atoms with Crippen LogP contribution in [0.3, 0.4) is 0 Å². The molecule has 1 N–H and O–H groups in total. The molecule has 0 aromatic carbocycles. The predicted molar refractivity (Wildman–Crippen MR) is 78.5 cm³/mol. The van der Waals surface area contributed by atoms with Crippen LogP contribution in [0, 0.1) is 6.92 Å². The topological polar surface area (TPSA) is 43.3 Å². The van der Waals surface area contributed by atoms with E-state index in [4.69, 9.17) is 4.74 Å². The smallest absolute Gasteiger partial charge is 0.255 e. The zero-order valence-corrected chi connectivity index (χ0v) is 12.4. The molecule has 0 aliphatic rings. The highest BCUT2D eigenvalue weighted by molar-refractivity contribution is 5.15. The van der Waals surface area contributed by atoms with Gasteiger partial charge in [0.15, 0.2) is 0 Å². The number of aromatic nitrogens is 1. The SMILES string of the molecule is CCCCNCc1ccc(C)n(CCCOC)c1=O. The summed E-state index contributed by atoms with van der Waals surface area (Å²) in [5.41, 5.74) is 1.98. The molecule has 0 saturated heterocycles. The largest absolute Gasteiger partial charge is 0.385 e. The Balaban J connectivity index is 2.67. The van der Waals surface area contributed by atoms with Gasteiger partial charge in [-0.15, -0.1) is 0 Å². The first-order chi connectivity index (χ1) is 9.20. The highest BCUT2D eigenvalue weighted by atomic mass is 16.5. The van der Waals surface area contributed by atoms with Crippen molar-refractivity contribution < 1.29 is 4.74 Å². The molecule has 0 radical (unpaired) electrons. The van der Waals surface area contributed by atoms with Gasteiger partial charge in [-0.2, -0.15) is 0 Å². The summed E-state index contributed by atoms with van der Waals surface area (Å²) in [5.74, 6) is 0. The standard InChI is InChI=1S/C15H26N2O2/c1-4-5-9-16-12-14-8-7-13(2)17(15(14)18)10-6-11-19-3/h7-8,16H,4-6,9-12H2,1-3H3. The minimum absolute atomic E-state index is 0.125. The minimum atomic E-state index is 0.125. The molecule has 0 amide bonds. The van der Waals surface area contributed by atoms with Gasteiger partial charge in [0, 0.05) is 38.1 Å². The van der Waals surface area contributed by atoms with Crippen LogP contribution in [0.4, 0.5) is 0 Å². The maximum Gasteiger partial charge on any atom is 0.255 e. The number of pyridine rings is 1. The summed E-state index contributed by atoms with van der Waals surface area (Å²) in [5, 5.41) is 3.32. The van der Waals surface area contributed by atoms with Gasteiger partial charge in [-0.05, 0) is 32.4 Å². The average molecular weight is 266 g/mol. The molecular weight excluding hydrogens is 240 g/mol. The van der Waals surface area contributed by atoms with E-state index >= 15 is 0 Å². The van der Waals surface area contributed by atoms with Gasteiger partial charge in [0.25, 0.3) is 5.56 Å². The van der Waals surface area contributed by atoms with Crippen molar-refractivity contribution in [1.82, 2.24) is 9.88 Å². The molecule has 1 rings (SSSR count). The first-order valence-electron chi connectivity index (χ1n) is 7.09. The summed E-state index contributed by atoms with van der Waals surface area (Å²) in [6.45, 7) is 7.17. The maximum atomic E-state index is 12.3. The van der Waals surface area contributed by atoms with Gasteiger partial charge in [0.05, 0.1) is 0 Å². The third kappa shape index (κ3) is 5.17. The van der Waals surface area contributed by atoms with Crippen LogP contribution in [0.2, 0.25) is 0 Å². The fraction of sp³-hybridized carbons (Fsp3) is 0.667. The van der Waals surface area contributed by atoms with E-state index < -0.39 is 0 Å². The van der Waals surface area contributed by atoms with E-state index in [1.807, 2.05) is 23.6 Å². The van der Waals surface area contributed by atoms with Crippen molar-refractivity contribution >= 4 is 0 Å². The number of ether oxygens (including phenoxy) is 1. The van der Waals surface area contributed by atoms with E-state index in [0.717, 1.165) is 37.2 Å². The number of hydrogen-bond acceptors (Lipinski definition) is 3. The third-order valence-electron chi connectivity index (χ3n) is 3.22. The lowest BCUT2D eigenvalue weighted by molar-refractivity contribution is 0.189. The molecule has 1 heterocycles. The second-order valence-electron chi connectivity index (χ2n) is 4.83. The molecule has 0 fully saturated rings. The molecule has 4 nitrogen and oxygen atoms in total. The Labute approximate surface area is 115 Å². The van der Waals surface area contributed by atoms with Crippen molar-refractivity contribution in [2.75, 3.05) is 20.3 Å². The molecule has 108 valence electrons. The Morgan fingerprint density at radius 2 is 2.11 bits per heavy atom. The summed E-state index contributed by atoms with van der Waals surface area (Å²) < 4.78 is 6.88. The van der Waals surface area contributed by atoms with Crippen LogP contribution in [0.25, 0.3) is 0 Å². The Kier molecular flexibility index (Phi) is 7.45. The molecule has 0 aliphatic heterocycles. The van der Waals surface area contributed by atoms with E-state index in [9.17, 15) is 4.79 Å². The molecule has 0 saturated carbocycles. The number of hydrogen-bond donors (Lipinski definition) is 1. The second kappa shape index (κ2) is 8.88. The molecule has 0 spiro atoms. The van der Waals surface area contributed by atoms with Gasteiger partial charge >= 0.3 is 0 Å². The molecule has 0 aliphatic carbocycles. The van der Waals surface area contributed by atoms with Crippen LogP contribution in [0.1, 0.15) is 37.4 Å². The molecule has 1 aromatic heterocycles. The fourth-order valence-electron chi connectivity index (χ4n) is 2.02. The second-order valence-corrected chi connectivity index (χ2v) is 4.83. The van der Waals surface area contributed by atoms with Gasteiger partial charge in [-0.25, -0.2) is 0 Å². The van der Waals surface area contributed by atoms with E-state index in [2.05, 4.69) is 12.2 Å². The summed E-state index contributed by atoms with van der Waals surface area (Å²) in [7, 11) is 1.68. The summed E-state index contributed by atoms with van der Waals surface area (Å²) >= 11 is 0. The van der Waals surface area contributed by atoms with Crippen LogP contribution in [0.5, 0.6) is 0 Å². The van der Waals surface area contributed by atoms with Crippen molar-refractivity contribution in [3.63, 3.8) is 0 Å². The Morgan fingerprint density at radius 1 is 1.32 bits per heavy atom. The molecule has 0 bridgehead atoms. The molecular formula is C15H26N2O2. The van der Waals surface area contributed by atoms with Crippen LogP contribution < -0.4 is 10.9 Å². The zero-order chi connectivity index (χ0) is 14.1. The van der Waals surface area contributed by atoms with E-state index in [-0.39, 0.29) is 5.56 Å². The van der Waals surface area contributed by atoms with E-state index in [1.54, 1.807) is 7.11 Å². The van der Waals surface area contributed by atoms with E-state index in [1.165, 1.54) is 6.42 Å². The third-order valence-corrected chi connectivity index (χ3v) is 3.22. The average Bonchev–Trinajstić information content (AvgIpc) is 2.41. The van der Waals surface area contributed by atoms with Crippen molar-refractivity contribution in [3.05, 3.63) is 33.7 Å². The van der Waals surface area contributed by atoms with Gasteiger partial charge in [-0.3, -0.25) is 4.79 Å². The molecule has 4 heteroatoms. The highest BCUT2D eigenvalue weighted by Gasteiger charge is 2.05. The summed E-state index contributed by atoms with van der Waals surface area (Å²) in [6, 6.07) is 3.95. The minimum Gasteiger partial charge on any atom is -0.385 e. The first-order valence-corrected chi connectivity index (χ1v) is 7.09. The monoisotopic (exact) mass is 266 g/mol. The lowest BCUT2D eigenvalue weighted by Gasteiger charge is -2.12. The van der Waals surface area contributed by atoms with Gasteiger partial charge in [0.2, 0.25) is 0 Å². The molecule has 0 atom stereocenters. The van der Waals surface area contributed by atoms with Crippen molar-refractivity contribution in [1.29, 1.82) is 0 Å². The van der Waals surface area contributed by atoms with Crippen LogP contribution in [-0.2, 0) is 17.8 Å². The van der Waals surface area contributed by atoms with Crippen LogP contribution in [0.15, 0.2) is 16.9 Å². The van der Waals surface area contributed by atoms with Crippen molar-refractivity contribution in [3.8, 4) is 0 Å². The number of methoxy groups -OCH3 is 1. The summed E-state index contributed by atoms with van der Waals surface area (Å²) in [4.78, 5) is 12.3. The van der Waals surface area contributed by atoms with Crippen LogP contribution in [-0.4, -0.2) is 24.8 Å². The number of nitrogens with zero attached hydrogens (tertiary/aromatic N) is 1. The van der Waals surface area contributed by atoms with E-state index in [0.29, 0.717) is 13.2 Å². The Morgan fingerprint density at radius 3 is 2.79 bits per heavy atom.